The maximum Gasteiger partial charge on any atom is -0.0351 e. The van der Waals surface area contributed by atoms with Gasteiger partial charge in [-0.25, -0.2) is 0 Å². The summed E-state index contributed by atoms with van der Waals surface area (Å²) in [5, 5.41) is 0. The fourth-order valence-corrected chi connectivity index (χ4v) is 1.67. The van der Waals surface area contributed by atoms with Crippen molar-refractivity contribution in [3.8, 4) is 0 Å². The molecule has 0 aliphatic carbocycles. The third-order valence-corrected chi connectivity index (χ3v) is 2.82. The Hall–Kier alpha value is 0. The van der Waals surface area contributed by atoms with Crippen molar-refractivity contribution in [1.29, 1.82) is 0 Å². The molecule has 0 aliphatic heterocycles. The summed E-state index contributed by atoms with van der Waals surface area (Å²) in [5.41, 5.74) is 0.513. The molecule has 0 saturated carbocycles. The quantitative estimate of drug-likeness (QED) is 0.445. The second-order valence-corrected chi connectivity index (χ2v) is 5.10. The number of unbranched alkanes of at least 4 members (excludes halogenated alkanes) is 5. The Morgan fingerprint density at radius 2 is 1.79 bits per heavy atom. The third kappa shape index (κ3) is 8.59. The Morgan fingerprint density at radius 3 is 2.36 bits per heavy atom. The summed E-state index contributed by atoms with van der Waals surface area (Å²) in [6, 6.07) is 0. The fraction of sp³-hybridized carbons (Fsp3) is 0.857. The molecule has 0 fully saturated rings. The van der Waals surface area contributed by atoms with E-state index in [1.807, 2.05) is 0 Å². The van der Waals surface area contributed by atoms with Crippen LogP contribution in [-0.4, -0.2) is 0 Å². The van der Waals surface area contributed by atoms with Crippen molar-refractivity contribution >= 4 is 0 Å². The lowest BCUT2D eigenvalue weighted by molar-refractivity contribution is 0.324. The van der Waals surface area contributed by atoms with E-state index in [1.54, 1.807) is 0 Å². The van der Waals surface area contributed by atoms with Crippen LogP contribution < -0.4 is 0 Å². The first kappa shape index (κ1) is 14.0. The summed E-state index contributed by atoms with van der Waals surface area (Å²) >= 11 is 0. The highest BCUT2D eigenvalue weighted by Crippen LogP contribution is 2.29. The van der Waals surface area contributed by atoms with Crippen LogP contribution in [0.5, 0.6) is 0 Å². The van der Waals surface area contributed by atoms with Gasteiger partial charge in [0.15, 0.2) is 0 Å². The molecule has 0 heteroatoms. The lowest BCUT2D eigenvalue weighted by Crippen LogP contribution is -2.11. The van der Waals surface area contributed by atoms with Gasteiger partial charge >= 0.3 is 0 Å². The molecule has 0 amide bonds. The monoisotopic (exact) mass is 196 g/mol. The minimum absolute atomic E-state index is 0.513. The molecule has 0 unspecified atom stereocenters. The standard InChI is InChI=1S/C14H28/c1-5-7-9-10-11-13-14(3,4)12-8-6-2/h6,11H,5,7-10,12-13H2,1-4H3. The summed E-state index contributed by atoms with van der Waals surface area (Å²) in [5.74, 6) is 0. The van der Waals surface area contributed by atoms with E-state index in [9.17, 15) is 0 Å². The van der Waals surface area contributed by atoms with Crippen LogP contribution in [0.3, 0.4) is 0 Å². The topological polar surface area (TPSA) is 0 Å². The third-order valence-electron chi connectivity index (χ3n) is 2.82. The van der Waals surface area contributed by atoms with E-state index in [4.69, 9.17) is 0 Å². The molecule has 0 rings (SSSR count). The first-order chi connectivity index (χ1) is 6.62. The Labute approximate surface area is 91.5 Å². The van der Waals surface area contributed by atoms with Crippen LogP contribution in [0.15, 0.2) is 0 Å². The van der Waals surface area contributed by atoms with E-state index >= 15 is 0 Å². The lowest BCUT2D eigenvalue weighted by atomic mass is 9.82. The molecule has 0 bridgehead atoms. The Bertz CT molecular complexity index is 113. The van der Waals surface area contributed by atoms with E-state index in [1.165, 1.54) is 44.9 Å². The van der Waals surface area contributed by atoms with Crippen molar-refractivity contribution in [1.82, 2.24) is 0 Å². The van der Waals surface area contributed by atoms with Gasteiger partial charge in [-0.1, -0.05) is 53.4 Å². The zero-order valence-corrected chi connectivity index (χ0v) is 10.6. The van der Waals surface area contributed by atoms with E-state index in [2.05, 4.69) is 40.5 Å². The van der Waals surface area contributed by atoms with Crippen LogP contribution in [0.2, 0.25) is 0 Å². The normalized spacial score (nSPS) is 12.0. The van der Waals surface area contributed by atoms with Gasteiger partial charge in [-0.15, -0.1) is 0 Å². The van der Waals surface area contributed by atoms with Crippen molar-refractivity contribution in [2.24, 2.45) is 5.41 Å². The predicted octanol–water partition coefficient (Wildman–Crippen LogP) is 5.19. The highest BCUT2D eigenvalue weighted by Gasteiger charge is 2.15. The molecule has 2 radical (unpaired) electrons. The predicted molar refractivity (Wildman–Crippen MR) is 66.0 cm³/mol. The highest BCUT2D eigenvalue weighted by atomic mass is 14.2. The molecule has 84 valence electrons. The second kappa shape index (κ2) is 8.32. The average Bonchev–Trinajstić information content (AvgIpc) is 2.15. The Kier molecular flexibility index (Phi) is 8.32. The van der Waals surface area contributed by atoms with Gasteiger partial charge in [0.2, 0.25) is 0 Å². The maximum absolute atomic E-state index is 2.49. The summed E-state index contributed by atoms with van der Waals surface area (Å²) in [6.07, 6.45) is 14.1. The summed E-state index contributed by atoms with van der Waals surface area (Å²) in [7, 11) is 0. The van der Waals surface area contributed by atoms with Crippen LogP contribution in [-0.2, 0) is 0 Å². The molecule has 0 aromatic heterocycles. The molecular weight excluding hydrogens is 168 g/mol. The van der Waals surface area contributed by atoms with Crippen molar-refractivity contribution in [2.45, 2.75) is 72.6 Å². The molecule has 0 heterocycles. The minimum atomic E-state index is 0.513. The molecule has 0 spiro atoms. The highest BCUT2D eigenvalue weighted by molar-refractivity contribution is 4.79. The van der Waals surface area contributed by atoms with Gasteiger partial charge in [0.1, 0.15) is 0 Å². The first-order valence-electron chi connectivity index (χ1n) is 6.22. The largest absolute Gasteiger partial charge is 0.0654 e. The molecule has 0 nitrogen and oxygen atoms in total. The minimum Gasteiger partial charge on any atom is -0.0654 e. The van der Waals surface area contributed by atoms with Crippen LogP contribution in [0.25, 0.3) is 0 Å². The van der Waals surface area contributed by atoms with E-state index in [0.29, 0.717) is 5.41 Å². The van der Waals surface area contributed by atoms with Gasteiger partial charge in [-0.3, -0.25) is 0 Å². The van der Waals surface area contributed by atoms with Gasteiger partial charge in [0.25, 0.3) is 0 Å². The molecule has 0 N–H and O–H groups in total. The van der Waals surface area contributed by atoms with Crippen molar-refractivity contribution in [3.63, 3.8) is 0 Å². The number of hydrogen-bond donors (Lipinski definition) is 0. The molecule has 0 aromatic carbocycles. The van der Waals surface area contributed by atoms with Gasteiger partial charge in [0.05, 0.1) is 0 Å². The maximum atomic E-state index is 2.49. The van der Waals surface area contributed by atoms with Crippen molar-refractivity contribution in [3.05, 3.63) is 12.8 Å². The Balaban J connectivity index is 3.35. The lowest BCUT2D eigenvalue weighted by Gasteiger charge is -2.24. The fourth-order valence-electron chi connectivity index (χ4n) is 1.67. The first-order valence-corrected chi connectivity index (χ1v) is 6.22. The molecular formula is C14H28. The SMILES string of the molecule is C[CH]CCC(C)(C)C[CH]CCCCC. The van der Waals surface area contributed by atoms with Crippen molar-refractivity contribution < 1.29 is 0 Å². The summed E-state index contributed by atoms with van der Waals surface area (Å²) < 4.78 is 0. The van der Waals surface area contributed by atoms with Gasteiger partial charge in [0, 0.05) is 0 Å². The number of rotatable bonds is 9. The van der Waals surface area contributed by atoms with Crippen LogP contribution in [0, 0.1) is 18.3 Å². The van der Waals surface area contributed by atoms with E-state index in [-0.39, 0.29) is 0 Å². The summed E-state index contributed by atoms with van der Waals surface area (Å²) in [4.78, 5) is 0. The average molecular weight is 196 g/mol. The van der Waals surface area contributed by atoms with Gasteiger partial charge < -0.3 is 0 Å². The molecule has 0 aliphatic rings. The zero-order valence-electron chi connectivity index (χ0n) is 10.6. The van der Waals surface area contributed by atoms with Gasteiger partial charge in [-0.05, 0) is 37.5 Å². The van der Waals surface area contributed by atoms with E-state index in [0.717, 1.165) is 0 Å². The van der Waals surface area contributed by atoms with Crippen LogP contribution >= 0.6 is 0 Å². The smallest absolute Gasteiger partial charge is 0.0351 e. The van der Waals surface area contributed by atoms with E-state index < -0.39 is 0 Å². The molecule has 0 saturated heterocycles. The summed E-state index contributed by atoms with van der Waals surface area (Å²) in [6.45, 7) is 9.18. The van der Waals surface area contributed by atoms with Crippen LogP contribution in [0.1, 0.15) is 72.6 Å². The van der Waals surface area contributed by atoms with Crippen LogP contribution in [0.4, 0.5) is 0 Å². The molecule has 0 aromatic rings. The van der Waals surface area contributed by atoms with Gasteiger partial charge in [-0.2, -0.15) is 0 Å². The molecule has 14 heavy (non-hydrogen) atoms. The Morgan fingerprint density at radius 1 is 1.07 bits per heavy atom. The molecule has 0 atom stereocenters. The number of hydrogen-bond acceptors (Lipinski definition) is 0. The van der Waals surface area contributed by atoms with Crippen molar-refractivity contribution in [2.75, 3.05) is 0 Å². The second-order valence-electron chi connectivity index (χ2n) is 5.10. The zero-order chi connectivity index (χ0) is 10.9.